The average Bonchev–Trinajstić information content (AvgIpc) is 2.25. The largest absolute Gasteiger partial charge is 0.491 e. The van der Waals surface area contributed by atoms with E-state index in [9.17, 15) is 9.59 Å². The first kappa shape index (κ1) is 13.0. The van der Waals surface area contributed by atoms with Crippen molar-refractivity contribution in [2.24, 2.45) is 0 Å². The van der Waals surface area contributed by atoms with Gasteiger partial charge in [-0.05, 0) is 19.1 Å². The van der Waals surface area contributed by atoms with Crippen molar-refractivity contribution < 1.29 is 19.4 Å². The Morgan fingerprint density at radius 2 is 1.94 bits per heavy atom. The quantitative estimate of drug-likeness (QED) is 0.799. The van der Waals surface area contributed by atoms with Crippen molar-refractivity contribution in [3.8, 4) is 5.75 Å². The lowest BCUT2D eigenvalue weighted by molar-refractivity contribution is -0.142. The topological polar surface area (TPSA) is 75.6 Å². The fourth-order valence-corrected chi connectivity index (χ4v) is 1.23. The molecule has 0 aliphatic heterocycles. The summed E-state index contributed by atoms with van der Waals surface area (Å²) in [5, 5.41) is 11.1. The summed E-state index contributed by atoms with van der Waals surface area (Å²) in [5.74, 6) is -0.940. The maximum atomic E-state index is 10.8. The third-order valence-electron chi connectivity index (χ3n) is 2.11. The molecule has 5 heteroatoms. The summed E-state index contributed by atoms with van der Waals surface area (Å²) in [6.45, 7) is 3.11. The van der Waals surface area contributed by atoms with Gasteiger partial charge in [0.05, 0.1) is 0 Å². The first-order chi connectivity index (χ1) is 7.99. The van der Waals surface area contributed by atoms with Gasteiger partial charge in [-0.15, -0.1) is 0 Å². The van der Waals surface area contributed by atoms with Gasteiger partial charge in [-0.25, -0.2) is 4.79 Å². The van der Waals surface area contributed by atoms with Gasteiger partial charge in [0.15, 0.2) is 6.04 Å². The number of benzene rings is 1. The zero-order valence-corrected chi connectivity index (χ0v) is 9.77. The van der Waals surface area contributed by atoms with Crippen LogP contribution in [0.1, 0.15) is 12.5 Å². The van der Waals surface area contributed by atoms with Crippen molar-refractivity contribution in [2.45, 2.75) is 19.9 Å². The SMILES string of the molecule is CC(=O)N[C@@H](COc1ccc(C)cc1)C(=O)O. The highest BCUT2D eigenvalue weighted by Gasteiger charge is 2.18. The second-order valence-corrected chi connectivity index (χ2v) is 3.72. The van der Waals surface area contributed by atoms with E-state index in [1.807, 2.05) is 19.1 Å². The van der Waals surface area contributed by atoms with Gasteiger partial charge >= 0.3 is 5.97 Å². The number of carboxylic acid groups (broad SMARTS) is 1. The molecule has 0 saturated carbocycles. The maximum absolute atomic E-state index is 10.8. The van der Waals surface area contributed by atoms with Crippen molar-refractivity contribution >= 4 is 11.9 Å². The molecule has 0 radical (unpaired) electrons. The van der Waals surface area contributed by atoms with E-state index in [0.717, 1.165) is 5.56 Å². The number of amides is 1. The van der Waals surface area contributed by atoms with E-state index in [1.165, 1.54) is 6.92 Å². The summed E-state index contributed by atoms with van der Waals surface area (Å²) < 4.78 is 5.29. The number of aliphatic carboxylic acids is 1. The molecule has 1 amide bonds. The Kier molecular flexibility index (Phi) is 4.51. The van der Waals surface area contributed by atoms with Crippen LogP contribution in [0.2, 0.25) is 0 Å². The van der Waals surface area contributed by atoms with Gasteiger partial charge in [0, 0.05) is 6.92 Å². The van der Waals surface area contributed by atoms with Crippen LogP contribution < -0.4 is 10.1 Å². The predicted molar refractivity (Wildman–Crippen MR) is 61.9 cm³/mol. The van der Waals surface area contributed by atoms with E-state index in [2.05, 4.69) is 5.32 Å². The van der Waals surface area contributed by atoms with Gasteiger partial charge in [-0.1, -0.05) is 17.7 Å². The lowest BCUT2D eigenvalue weighted by Gasteiger charge is -2.14. The molecule has 0 bridgehead atoms. The van der Waals surface area contributed by atoms with Crippen LogP contribution in [-0.2, 0) is 9.59 Å². The number of carbonyl (C=O) groups is 2. The standard InChI is InChI=1S/C12H15NO4/c1-8-3-5-10(6-4-8)17-7-11(12(15)16)13-9(2)14/h3-6,11H,7H2,1-2H3,(H,13,14)(H,15,16)/t11-/m0/s1. The fraction of sp³-hybridized carbons (Fsp3) is 0.333. The highest BCUT2D eigenvalue weighted by Crippen LogP contribution is 2.11. The smallest absolute Gasteiger partial charge is 0.329 e. The first-order valence-corrected chi connectivity index (χ1v) is 5.18. The summed E-state index contributed by atoms with van der Waals surface area (Å²) in [4.78, 5) is 21.6. The molecule has 0 fully saturated rings. The Morgan fingerprint density at radius 1 is 1.35 bits per heavy atom. The molecule has 0 saturated heterocycles. The van der Waals surface area contributed by atoms with E-state index in [0.29, 0.717) is 5.75 Å². The van der Waals surface area contributed by atoms with E-state index in [1.54, 1.807) is 12.1 Å². The van der Waals surface area contributed by atoms with Crippen molar-refractivity contribution in [1.82, 2.24) is 5.32 Å². The molecule has 1 rings (SSSR count). The molecule has 2 N–H and O–H groups in total. The number of ether oxygens (including phenoxy) is 1. The van der Waals surface area contributed by atoms with E-state index >= 15 is 0 Å². The zero-order valence-electron chi connectivity index (χ0n) is 9.77. The third-order valence-corrected chi connectivity index (χ3v) is 2.11. The van der Waals surface area contributed by atoms with Crippen LogP contribution in [0.5, 0.6) is 5.75 Å². The minimum absolute atomic E-state index is 0.0992. The number of hydrogen-bond donors (Lipinski definition) is 2. The van der Waals surface area contributed by atoms with Crippen LogP contribution in [0.15, 0.2) is 24.3 Å². The number of hydrogen-bond acceptors (Lipinski definition) is 3. The number of nitrogens with one attached hydrogen (secondary N) is 1. The van der Waals surface area contributed by atoms with Gasteiger partial charge in [-0.3, -0.25) is 4.79 Å². The molecule has 1 aromatic rings. The van der Waals surface area contributed by atoms with E-state index < -0.39 is 17.9 Å². The molecule has 0 unspecified atom stereocenters. The third kappa shape index (κ3) is 4.55. The summed E-state index contributed by atoms with van der Waals surface area (Å²) >= 11 is 0. The number of carbonyl (C=O) groups excluding carboxylic acids is 1. The van der Waals surface area contributed by atoms with Crippen LogP contribution in [0.3, 0.4) is 0 Å². The van der Waals surface area contributed by atoms with Gasteiger partial charge in [-0.2, -0.15) is 0 Å². The number of carboxylic acids is 1. The Hall–Kier alpha value is -2.04. The van der Waals surface area contributed by atoms with Crippen LogP contribution in [0.25, 0.3) is 0 Å². The highest BCUT2D eigenvalue weighted by molar-refractivity contribution is 5.82. The molecule has 0 aromatic heterocycles. The molecule has 0 aliphatic rings. The molecular formula is C12H15NO4. The average molecular weight is 237 g/mol. The van der Waals surface area contributed by atoms with E-state index in [-0.39, 0.29) is 6.61 Å². The molecule has 92 valence electrons. The summed E-state index contributed by atoms with van der Waals surface area (Å²) in [6.07, 6.45) is 0. The van der Waals surface area contributed by atoms with Crippen molar-refractivity contribution in [3.63, 3.8) is 0 Å². The summed E-state index contributed by atoms with van der Waals surface area (Å²) in [6, 6.07) is 6.20. The minimum atomic E-state index is -1.12. The molecule has 0 spiro atoms. The van der Waals surface area contributed by atoms with Gasteiger partial charge in [0.25, 0.3) is 0 Å². The van der Waals surface area contributed by atoms with Crippen molar-refractivity contribution in [3.05, 3.63) is 29.8 Å². The fourth-order valence-electron chi connectivity index (χ4n) is 1.23. The molecular weight excluding hydrogens is 222 g/mol. The monoisotopic (exact) mass is 237 g/mol. The molecule has 1 atom stereocenters. The molecule has 5 nitrogen and oxygen atoms in total. The highest BCUT2D eigenvalue weighted by atomic mass is 16.5. The number of aryl methyl sites for hydroxylation is 1. The summed E-state index contributed by atoms with van der Waals surface area (Å²) in [5.41, 5.74) is 1.09. The van der Waals surface area contributed by atoms with Gasteiger partial charge in [0.2, 0.25) is 5.91 Å². The predicted octanol–water partition coefficient (Wildman–Crippen LogP) is 0.963. The minimum Gasteiger partial charge on any atom is -0.491 e. The Balaban J connectivity index is 2.54. The Bertz CT molecular complexity index is 399. The van der Waals surface area contributed by atoms with Crippen molar-refractivity contribution in [1.29, 1.82) is 0 Å². The molecule has 0 aliphatic carbocycles. The lowest BCUT2D eigenvalue weighted by Crippen LogP contribution is -2.43. The zero-order chi connectivity index (χ0) is 12.8. The second-order valence-electron chi connectivity index (χ2n) is 3.72. The summed E-state index contributed by atoms with van der Waals surface area (Å²) in [7, 11) is 0. The molecule has 1 aromatic carbocycles. The number of rotatable bonds is 5. The lowest BCUT2D eigenvalue weighted by atomic mass is 10.2. The van der Waals surface area contributed by atoms with Crippen LogP contribution in [0.4, 0.5) is 0 Å². The first-order valence-electron chi connectivity index (χ1n) is 5.18. The van der Waals surface area contributed by atoms with E-state index in [4.69, 9.17) is 9.84 Å². The van der Waals surface area contributed by atoms with Crippen molar-refractivity contribution in [2.75, 3.05) is 6.61 Å². The van der Waals surface area contributed by atoms with Crippen LogP contribution in [-0.4, -0.2) is 29.6 Å². The molecule has 17 heavy (non-hydrogen) atoms. The van der Waals surface area contributed by atoms with Gasteiger partial charge in [0.1, 0.15) is 12.4 Å². The van der Waals surface area contributed by atoms with Crippen LogP contribution in [0, 0.1) is 6.92 Å². The normalized spacial score (nSPS) is 11.6. The maximum Gasteiger partial charge on any atom is 0.329 e. The van der Waals surface area contributed by atoms with Crippen LogP contribution >= 0.6 is 0 Å². The second kappa shape index (κ2) is 5.89. The molecule has 0 heterocycles. The Labute approximate surface area is 99.4 Å². The Morgan fingerprint density at radius 3 is 2.41 bits per heavy atom. The van der Waals surface area contributed by atoms with Gasteiger partial charge < -0.3 is 15.2 Å².